The Balaban J connectivity index is 1.52. The van der Waals surface area contributed by atoms with E-state index in [9.17, 15) is 9.59 Å². The van der Waals surface area contributed by atoms with Crippen LogP contribution in [0.5, 0.6) is 5.75 Å². The van der Waals surface area contributed by atoms with Gasteiger partial charge in [0, 0.05) is 28.7 Å². The Labute approximate surface area is 175 Å². The largest absolute Gasteiger partial charge is 0.496 e. The number of aromatic amines is 1. The third-order valence-corrected chi connectivity index (χ3v) is 5.82. The molecule has 0 aliphatic heterocycles. The van der Waals surface area contributed by atoms with Gasteiger partial charge in [0.1, 0.15) is 11.3 Å². The van der Waals surface area contributed by atoms with Crippen molar-refractivity contribution >= 4 is 22.8 Å². The number of rotatable bonds is 5. The Morgan fingerprint density at radius 3 is 2.77 bits per heavy atom. The first-order valence-corrected chi connectivity index (χ1v) is 10.2. The maximum absolute atomic E-state index is 12.8. The van der Waals surface area contributed by atoms with Gasteiger partial charge in [0.05, 0.1) is 14.2 Å². The Hall–Kier alpha value is -3.28. The van der Waals surface area contributed by atoms with E-state index in [4.69, 9.17) is 9.47 Å². The molecule has 6 heteroatoms. The molecule has 1 aromatic heterocycles. The van der Waals surface area contributed by atoms with Crippen LogP contribution in [0.2, 0.25) is 0 Å². The first kappa shape index (κ1) is 20.0. The minimum Gasteiger partial charge on any atom is -0.496 e. The molecule has 0 unspecified atom stereocenters. The summed E-state index contributed by atoms with van der Waals surface area (Å²) in [5.41, 5.74) is 5.48. The van der Waals surface area contributed by atoms with Gasteiger partial charge in [-0.25, -0.2) is 4.79 Å². The Kier molecular flexibility index (Phi) is 5.48. The van der Waals surface area contributed by atoms with Crippen molar-refractivity contribution in [2.45, 2.75) is 32.7 Å². The number of esters is 1. The smallest absolute Gasteiger partial charge is 0.341 e. The molecule has 4 rings (SSSR count). The average molecular weight is 406 g/mol. The van der Waals surface area contributed by atoms with E-state index < -0.39 is 5.97 Å². The van der Waals surface area contributed by atoms with E-state index in [2.05, 4.69) is 17.2 Å². The number of H-pyrrole nitrogens is 1. The van der Waals surface area contributed by atoms with Crippen molar-refractivity contribution in [1.29, 1.82) is 0 Å². The minimum absolute atomic E-state index is 0.147. The molecule has 0 fully saturated rings. The van der Waals surface area contributed by atoms with Crippen LogP contribution in [0, 0.1) is 5.92 Å². The lowest BCUT2D eigenvalue weighted by Gasteiger charge is -2.18. The molecule has 1 amide bonds. The van der Waals surface area contributed by atoms with Crippen molar-refractivity contribution in [3.8, 4) is 5.75 Å². The lowest BCUT2D eigenvalue weighted by Crippen LogP contribution is -2.23. The fourth-order valence-corrected chi connectivity index (χ4v) is 4.15. The fraction of sp³-hybridized carbons (Fsp3) is 0.333. The van der Waals surface area contributed by atoms with Crippen molar-refractivity contribution in [3.05, 3.63) is 64.3 Å². The molecule has 2 aromatic carbocycles. The van der Waals surface area contributed by atoms with Gasteiger partial charge in [-0.3, -0.25) is 4.79 Å². The van der Waals surface area contributed by atoms with Crippen LogP contribution in [0.3, 0.4) is 0 Å². The van der Waals surface area contributed by atoms with Gasteiger partial charge in [0.15, 0.2) is 0 Å². The predicted octanol–water partition coefficient (Wildman–Crippen LogP) is 4.02. The Morgan fingerprint density at radius 1 is 1.17 bits per heavy atom. The average Bonchev–Trinajstić information content (AvgIpc) is 3.13. The Bertz CT molecular complexity index is 1120. The molecule has 1 atom stereocenters. The van der Waals surface area contributed by atoms with Gasteiger partial charge in [-0.15, -0.1) is 0 Å². The highest BCUT2D eigenvalue weighted by molar-refractivity contribution is 5.99. The summed E-state index contributed by atoms with van der Waals surface area (Å²) in [5, 5.41) is 4.08. The minimum atomic E-state index is -0.475. The molecular formula is C24H26N2O4. The molecule has 0 saturated heterocycles. The maximum Gasteiger partial charge on any atom is 0.341 e. The SMILES string of the molecule is COC(=O)c1cc(CNC(=O)c2ccc3[nH]c4c(c3c2)C[C@H](C)CC4)ccc1OC. The highest BCUT2D eigenvalue weighted by Gasteiger charge is 2.20. The summed E-state index contributed by atoms with van der Waals surface area (Å²) in [5.74, 6) is 0.477. The number of ether oxygens (including phenoxy) is 2. The molecule has 156 valence electrons. The highest BCUT2D eigenvalue weighted by atomic mass is 16.5. The van der Waals surface area contributed by atoms with Gasteiger partial charge in [-0.2, -0.15) is 0 Å². The molecule has 0 spiro atoms. The molecule has 0 radical (unpaired) electrons. The fourth-order valence-electron chi connectivity index (χ4n) is 4.15. The van der Waals surface area contributed by atoms with Crippen LogP contribution in [0.4, 0.5) is 0 Å². The standard InChI is InChI=1S/C24H26N2O4/c1-14-4-7-20-17(10-14)18-12-16(6-8-21(18)26-20)23(27)25-13-15-5-9-22(29-2)19(11-15)24(28)30-3/h5-6,8-9,11-12,14,26H,4,7,10,13H2,1-3H3,(H,25,27)/t14-/m1/s1. The van der Waals surface area contributed by atoms with Crippen molar-refractivity contribution < 1.29 is 19.1 Å². The summed E-state index contributed by atoms with van der Waals surface area (Å²) in [6.45, 7) is 2.57. The monoisotopic (exact) mass is 406 g/mol. The zero-order valence-corrected chi connectivity index (χ0v) is 17.5. The van der Waals surface area contributed by atoms with E-state index in [0.717, 1.165) is 29.3 Å². The lowest BCUT2D eigenvalue weighted by molar-refractivity contribution is 0.0597. The van der Waals surface area contributed by atoms with Crippen LogP contribution in [0.1, 0.15) is 50.9 Å². The van der Waals surface area contributed by atoms with Gasteiger partial charge >= 0.3 is 5.97 Å². The first-order chi connectivity index (χ1) is 14.5. The van der Waals surface area contributed by atoms with Crippen molar-refractivity contribution in [2.24, 2.45) is 5.92 Å². The van der Waals surface area contributed by atoms with Crippen molar-refractivity contribution in [2.75, 3.05) is 14.2 Å². The van der Waals surface area contributed by atoms with Crippen LogP contribution in [0.25, 0.3) is 10.9 Å². The molecule has 1 aliphatic carbocycles. The number of hydrogen-bond donors (Lipinski definition) is 2. The number of hydrogen-bond acceptors (Lipinski definition) is 4. The Morgan fingerprint density at radius 2 is 2.00 bits per heavy atom. The second-order valence-electron chi connectivity index (χ2n) is 7.90. The van der Waals surface area contributed by atoms with Gasteiger partial charge in [0.25, 0.3) is 5.91 Å². The normalized spacial score (nSPS) is 15.5. The number of carbonyl (C=O) groups is 2. The first-order valence-electron chi connectivity index (χ1n) is 10.2. The zero-order valence-electron chi connectivity index (χ0n) is 17.5. The molecular weight excluding hydrogens is 380 g/mol. The summed E-state index contributed by atoms with van der Waals surface area (Å²) in [6.07, 6.45) is 3.30. The number of carbonyl (C=O) groups excluding carboxylic acids is 2. The van der Waals surface area contributed by atoms with Crippen LogP contribution in [0.15, 0.2) is 36.4 Å². The molecule has 0 bridgehead atoms. The predicted molar refractivity (Wildman–Crippen MR) is 115 cm³/mol. The van der Waals surface area contributed by atoms with E-state index in [1.54, 1.807) is 12.1 Å². The molecule has 3 aromatic rings. The van der Waals surface area contributed by atoms with Crippen LogP contribution in [-0.4, -0.2) is 31.1 Å². The van der Waals surface area contributed by atoms with E-state index in [0.29, 0.717) is 29.3 Å². The number of aryl methyl sites for hydroxylation is 1. The number of nitrogens with one attached hydrogen (secondary N) is 2. The van der Waals surface area contributed by atoms with Gasteiger partial charge in [-0.1, -0.05) is 13.0 Å². The van der Waals surface area contributed by atoms with Gasteiger partial charge < -0.3 is 19.8 Å². The number of aromatic nitrogens is 1. The second kappa shape index (κ2) is 8.22. The summed E-state index contributed by atoms with van der Waals surface area (Å²) < 4.78 is 10.0. The zero-order chi connectivity index (χ0) is 21.3. The van der Waals surface area contributed by atoms with Gasteiger partial charge in [-0.05, 0) is 66.6 Å². The van der Waals surface area contributed by atoms with E-state index in [1.165, 1.54) is 31.9 Å². The number of amides is 1. The summed E-state index contributed by atoms with van der Waals surface area (Å²) in [7, 11) is 2.83. The van der Waals surface area contributed by atoms with E-state index in [1.807, 2.05) is 24.3 Å². The molecule has 1 aliphatic rings. The number of benzene rings is 2. The maximum atomic E-state index is 12.8. The van der Waals surface area contributed by atoms with Crippen LogP contribution in [-0.2, 0) is 24.1 Å². The van der Waals surface area contributed by atoms with Crippen LogP contribution >= 0.6 is 0 Å². The van der Waals surface area contributed by atoms with Gasteiger partial charge in [0.2, 0.25) is 0 Å². The quantitative estimate of drug-likeness (QED) is 0.627. The molecule has 0 saturated carbocycles. The summed E-state index contributed by atoms with van der Waals surface area (Å²) in [6, 6.07) is 11.0. The highest BCUT2D eigenvalue weighted by Crippen LogP contribution is 2.32. The van der Waals surface area contributed by atoms with E-state index in [-0.39, 0.29) is 5.91 Å². The summed E-state index contributed by atoms with van der Waals surface area (Å²) in [4.78, 5) is 28.2. The third-order valence-electron chi connectivity index (χ3n) is 5.82. The second-order valence-corrected chi connectivity index (χ2v) is 7.90. The lowest BCUT2D eigenvalue weighted by atomic mass is 9.87. The summed E-state index contributed by atoms with van der Waals surface area (Å²) >= 11 is 0. The molecule has 6 nitrogen and oxygen atoms in total. The molecule has 30 heavy (non-hydrogen) atoms. The number of fused-ring (bicyclic) bond motifs is 3. The van der Waals surface area contributed by atoms with Crippen molar-refractivity contribution in [3.63, 3.8) is 0 Å². The topological polar surface area (TPSA) is 80.4 Å². The number of methoxy groups -OCH3 is 2. The van der Waals surface area contributed by atoms with E-state index >= 15 is 0 Å². The van der Waals surface area contributed by atoms with Crippen LogP contribution < -0.4 is 10.1 Å². The van der Waals surface area contributed by atoms with Crippen molar-refractivity contribution in [1.82, 2.24) is 10.3 Å². The molecule has 2 N–H and O–H groups in total. The molecule has 1 heterocycles. The third kappa shape index (κ3) is 3.77.